The molecule has 0 aliphatic heterocycles. The first-order valence-corrected chi connectivity index (χ1v) is 9.35. The summed E-state index contributed by atoms with van der Waals surface area (Å²) in [5, 5.41) is 8.83. The van der Waals surface area contributed by atoms with Crippen LogP contribution in [-0.2, 0) is 9.53 Å². The number of carbonyl (C=O) groups is 2. The number of carbonyl (C=O) groups excluding carboxylic acids is 2. The topological polar surface area (TPSA) is 73.6 Å². The Balaban J connectivity index is 2.00. The van der Waals surface area contributed by atoms with Crippen LogP contribution in [0.5, 0.6) is 0 Å². The Kier molecular flexibility index (Phi) is 8.04. The number of ether oxygens (including phenoxy) is 1. The molecule has 0 saturated heterocycles. The fourth-order valence-corrected chi connectivity index (χ4v) is 2.85. The van der Waals surface area contributed by atoms with Gasteiger partial charge in [-0.25, -0.2) is 4.79 Å². The van der Waals surface area contributed by atoms with Crippen molar-refractivity contribution in [1.29, 1.82) is 5.26 Å². The summed E-state index contributed by atoms with van der Waals surface area (Å²) in [5.74, 6) is -0.915. The quantitative estimate of drug-likeness (QED) is 0.622. The molecule has 2 aromatic rings. The second-order valence-electron chi connectivity index (χ2n) is 6.08. The summed E-state index contributed by atoms with van der Waals surface area (Å²) < 4.78 is 5.20. The molecule has 0 aliphatic carbocycles. The highest BCUT2D eigenvalue weighted by atomic mass is 16.5. The number of nitrogens with zero attached hydrogens (tertiary/aromatic N) is 3. The Morgan fingerprint density at radius 1 is 0.964 bits per heavy atom. The zero-order chi connectivity index (χ0) is 20.4. The first-order chi connectivity index (χ1) is 13.6. The molecule has 0 saturated carbocycles. The van der Waals surface area contributed by atoms with Gasteiger partial charge in [0.25, 0.3) is 5.91 Å². The molecule has 0 bridgehead atoms. The fraction of sp³-hybridized carbons (Fsp3) is 0.318. The average Bonchev–Trinajstić information content (AvgIpc) is 2.74. The molecule has 1 amide bonds. The molecule has 0 atom stereocenters. The second kappa shape index (κ2) is 10.7. The second-order valence-corrected chi connectivity index (χ2v) is 6.08. The summed E-state index contributed by atoms with van der Waals surface area (Å²) >= 11 is 0. The van der Waals surface area contributed by atoms with Crippen molar-refractivity contribution in [3.63, 3.8) is 0 Å². The Morgan fingerprint density at radius 2 is 1.61 bits per heavy atom. The standard InChI is InChI=1S/C22H25N3O3/c1-3-24(4-2)19-13-11-18(12-14-19)22(27)28-17-21(26)25(16-8-15-23)20-9-6-5-7-10-20/h5-7,9-14H,3-4,8,16-17H2,1-2H3. The van der Waals surface area contributed by atoms with Crippen molar-refractivity contribution in [1.82, 2.24) is 0 Å². The number of nitriles is 1. The summed E-state index contributed by atoms with van der Waals surface area (Å²) in [6, 6.07) is 18.2. The Hall–Kier alpha value is -3.33. The van der Waals surface area contributed by atoms with Gasteiger partial charge in [-0.15, -0.1) is 0 Å². The molecule has 0 fully saturated rings. The third-order valence-corrected chi connectivity index (χ3v) is 4.37. The van der Waals surface area contributed by atoms with Crippen molar-refractivity contribution < 1.29 is 14.3 Å². The molecule has 0 N–H and O–H groups in total. The van der Waals surface area contributed by atoms with Crippen molar-refractivity contribution in [2.24, 2.45) is 0 Å². The summed E-state index contributed by atoms with van der Waals surface area (Å²) in [5.41, 5.74) is 2.10. The molecule has 0 heterocycles. The van der Waals surface area contributed by atoms with E-state index in [2.05, 4.69) is 18.7 Å². The maximum Gasteiger partial charge on any atom is 0.338 e. The highest BCUT2D eigenvalue weighted by Gasteiger charge is 2.18. The fourth-order valence-electron chi connectivity index (χ4n) is 2.85. The van der Waals surface area contributed by atoms with Gasteiger partial charge in [-0.05, 0) is 50.2 Å². The van der Waals surface area contributed by atoms with Crippen LogP contribution in [0.3, 0.4) is 0 Å². The average molecular weight is 379 g/mol. The molecule has 2 aromatic carbocycles. The van der Waals surface area contributed by atoms with Crippen LogP contribution in [0.1, 0.15) is 30.6 Å². The normalized spacial score (nSPS) is 10.0. The van der Waals surface area contributed by atoms with Crippen LogP contribution >= 0.6 is 0 Å². The minimum Gasteiger partial charge on any atom is -0.452 e. The molecule has 2 rings (SSSR count). The molecule has 6 heteroatoms. The molecule has 0 radical (unpaired) electrons. The summed E-state index contributed by atoms with van der Waals surface area (Å²) in [6.07, 6.45) is 0.196. The first kappa shape index (κ1) is 21.0. The van der Waals surface area contributed by atoms with Crippen molar-refractivity contribution in [3.8, 4) is 6.07 Å². The highest BCUT2D eigenvalue weighted by molar-refractivity contribution is 5.97. The minimum atomic E-state index is -0.548. The predicted molar refractivity (Wildman–Crippen MR) is 109 cm³/mol. The number of anilines is 2. The largest absolute Gasteiger partial charge is 0.452 e. The zero-order valence-corrected chi connectivity index (χ0v) is 16.3. The van der Waals surface area contributed by atoms with E-state index in [9.17, 15) is 9.59 Å². The van der Waals surface area contributed by atoms with Crippen molar-refractivity contribution in [3.05, 3.63) is 60.2 Å². The number of hydrogen-bond donors (Lipinski definition) is 0. The van der Waals surface area contributed by atoms with Crippen LogP contribution in [0, 0.1) is 11.3 Å². The van der Waals surface area contributed by atoms with Crippen molar-refractivity contribution >= 4 is 23.3 Å². The van der Waals surface area contributed by atoms with Gasteiger partial charge in [0.1, 0.15) is 0 Å². The Bertz CT molecular complexity index is 809. The van der Waals surface area contributed by atoms with Gasteiger partial charge in [0, 0.05) is 31.0 Å². The van der Waals surface area contributed by atoms with Crippen molar-refractivity contribution in [2.45, 2.75) is 20.3 Å². The van der Waals surface area contributed by atoms with E-state index in [0.717, 1.165) is 18.8 Å². The zero-order valence-electron chi connectivity index (χ0n) is 16.3. The van der Waals surface area contributed by atoms with E-state index in [1.165, 1.54) is 4.90 Å². The van der Waals surface area contributed by atoms with Gasteiger partial charge in [-0.3, -0.25) is 4.79 Å². The van der Waals surface area contributed by atoms with Gasteiger partial charge in [0.15, 0.2) is 6.61 Å². The van der Waals surface area contributed by atoms with E-state index in [0.29, 0.717) is 11.3 Å². The number of hydrogen-bond acceptors (Lipinski definition) is 5. The molecule has 6 nitrogen and oxygen atoms in total. The minimum absolute atomic E-state index is 0.196. The molecule has 0 aromatic heterocycles. The van der Waals surface area contributed by atoms with E-state index in [1.807, 2.05) is 36.4 Å². The van der Waals surface area contributed by atoms with E-state index in [-0.39, 0.29) is 25.5 Å². The van der Waals surface area contributed by atoms with Crippen LogP contribution < -0.4 is 9.80 Å². The molecule has 0 unspecified atom stereocenters. The Morgan fingerprint density at radius 3 is 2.18 bits per heavy atom. The summed E-state index contributed by atoms with van der Waals surface area (Å²) in [4.78, 5) is 28.5. The SMILES string of the molecule is CCN(CC)c1ccc(C(=O)OCC(=O)N(CCC#N)c2ccccc2)cc1. The molecule has 146 valence electrons. The molecular weight excluding hydrogens is 354 g/mol. The van der Waals surface area contributed by atoms with E-state index >= 15 is 0 Å². The highest BCUT2D eigenvalue weighted by Crippen LogP contribution is 2.16. The summed E-state index contributed by atoms with van der Waals surface area (Å²) in [7, 11) is 0. The van der Waals surface area contributed by atoms with Gasteiger partial charge in [-0.1, -0.05) is 18.2 Å². The van der Waals surface area contributed by atoms with Crippen LogP contribution in [0.15, 0.2) is 54.6 Å². The van der Waals surface area contributed by atoms with Crippen LogP contribution in [-0.4, -0.2) is 38.1 Å². The number of esters is 1. The third-order valence-electron chi connectivity index (χ3n) is 4.37. The van der Waals surface area contributed by atoms with E-state index < -0.39 is 5.97 Å². The van der Waals surface area contributed by atoms with Gasteiger partial charge >= 0.3 is 5.97 Å². The van der Waals surface area contributed by atoms with E-state index in [4.69, 9.17) is 10.00 Å². The van der Waals surface area contributed by atoms with Crippen LogP contribution in [0.2, 0.25) is 0 Å². The van der Waals surface area contributed by atoms with Crippen LogP contribution in [0.25, 0.3) is 0 Å². The van der Waals surface area contributed by atoms with Gasteiger partial charge in [0.05, 0.1) is 18.1 Å². The third kappa shape index (κ3) is 5.58. The molecule has 0 spiro atoms. The van der Waals surface area contributed by atoms with Gasteiger partial charge < -0.3 is 14.5 Å². The van der Waals surface area contributed by atoms with Gasteiger partial charge in [-0.2, -0.15) is 5.26 Å². The maximum absolute atomic E-state index is 12.5. The Labute approximate surface area is 165 Å². The lowest BCUT2D eigenvalue weighted by Crippen LogP contribution is -2.35. The van der Waals surface area contributed by atoms with Crippen LogP contribution in [0.4, 0.5) is 11.4 Å². The lowest BCUT2D eigenvalue weighted by molar-refractivity contribution is -0.121. The number of para-hydroxylation sites is 1. The summed E-state index contributed by atoms with van der Waals surface area (Å²) in [6.45, 7) is 5.77. The molecule has 0 aliphatic rings. The number of amides is 1. The maximum atomic E-state index is 12.5. The predicted octanol–water partition coefficient (Wildman–Crippen LogP) is 3.64. The lowest BCUT2D eigenvalue weighted by Gasteiger charge is -2.22. The monoisotopic (exact) mass is 379 g/mol. The van der Waals surface area contributed by atoms with Gasteiger partial charge in [0.2, 0.25) is 0 Å². The lowest BCUT2D eigenvalue weighted by atomic mass is 10.2. The smallest absolute Gasteiger partial charge is 0.338 e. The molecule has 28 heavy (non-hydrogen) atoms. The number of benzene rings is 2. The number of rotatable bonds is 9. The first-order valence-electron chi connectivity index (χ1n) is 9.35. The van der Waals surface area contributed by atoms with E-state index in [1.54, 1.807) is 24.3 Å². The van der Waals surface area contributed by atoms with Crippen molar-refractivity contribution in [2.75, 3.05) is 36.0 Å². The molecular formula is C22H25N3O3.